The van der Waals surface area contributed by atoms with Gasteiger partial charge in [-0.25, -0.2) is 9.82 Å². The zero-order valence-corrected chi connectivity index (χ0v) is 15.2. The molecule has 0 heterocycles. The fourth-order valence-corrected chi connectivity index (χ4v) is 2.09. The van der Waals surface area contributed by atoms with Crippen molar-refractivity contribution >= 4 is 18.0 Å². The Kier molecular flexibility index (Phi) is 7.49. The predicted molar refractivity (Wildman–Crippen MR) is 101 cm³/mol. The molecule has 0 aromatic heterocycles. The van der Waals surface area contributed by atoms with Crippen LogP contribution >= 0.6 is 0 Å². The lowest BCUT2D eigenvalue weighted by molar-refractivity contribution is -0.139. The van der Waals surface area contributed by atoms with Gasteiger partial charge in [0.2, 0.25) is 0 Å². The smallest absolute Gasteiger partial charge is 0.329 e. The highest BCUT2D eigenvalue weighted by atomic mass is 19.1. The third-order valence-electron chi connectivity index (χ3n) is 3.45. The van der Waals surface area contributed by atoms with Gasteiger partial charge >= 0.3 is 11.8 Å². The standard InChI is InChI=1S/C20H22FN3O3/c1-14(2)11-22-19(25)20(26)24-23-12-16-7-3-4-9-18(16)27-13-15-6-5-8-17(21)10-15/h3-10,12,14H,11,13H2,1-2H3,(H,22,25)(H,24,26)/b23-12-. The van der Waals surface area contributed by atoms with Crippen LogP contribution in [-0.2, 0) is 16.2 Å². The van der Waals surface area contributed by atoms with Gasteiger partial charge in [0.25, 0.3) is 0 Å². The van der Waals surface area contributed by atoms with Gasteiger partial charge in [0, 0.05) is 12.1 Å². The van der Waals surface area contributed by atoms with E-state index in [1.165, 1.54) is 18.3 Å². The van der Waals surface area contributed by atoms with Gasteiger partial charge in [0.05, 0.1) is 6.21 Å². The number of rotatable bonds is 7. The van der Waals surface area contributed by atoms with Crippen LogP contribution in [0.15, 0.2) is 53.6 Å². The van der Waals surface area contributed by atoms with Crippen LogP contribution in [0, 0.1) is 11.7 Å². The number of carbonyl (C=O) groups excluding carboxylic acids is 2. The molecule has 2 aromatic carbocycles. The molecule has 0 bridgehead atoms. The van der Waals surface area contributed by atoms with Crippen molar-refractivity contribution in [2.24, 2.45) is 11.0 Å². The molecule has 27 heavy (non-hydrogen) atoms. The molecule has 0 aliphatic heterocycles. The van der Waals surface area contributed by atoms with E-state index in [0.717, 1.165) is 0 Å². The molecular weight excluding hydrogens is 349 g/mol. The molecule has 7 heteroatoms. The van der Waals surface area contributed by atoms with Gasteiger partial charge in [0.15, 0.2) is 0 Å². The monoisotopic (exact) mass is 371 g/mol. The predicted octanol–water partition coefficient (Wildman–Crippen LogP) is 2.63. The van der Waals surface area contributed by atoms with E-state index in [1.54, 1.807) is 36.4 Å². The fraction of sp³-hybridized carbons (Fsp3) is 0.250. The Labute approximate surface area is 157 Å². The van der Waals surface area contributed by atoms with Gasteiger partial charge in [-0.05, 0) is 35.7 Å². The third kappa shape index (κ3) is 6.89. The second-order valence-corrected chi connectivity index (χ2v) is 6.26. The number of hydrogen-bond donors (Lipinski definition) is 2. The molecule has 0 unspecified atom stereocenters. The summed E-state index contributed by atoms with van der Waals surface area (Å²) in [5.74, 6) is -1.15. The number of carbonyl (C=O) groups is 2. The van der Waals surface area contributed by atoms with Crippen molar-refractivity contribution in [3.05, 3.63) is 65.5 Å². The van der Waals surface area contributed by atoms with Gasteiger partial charge < -0.3 is 10.1 Å². The first kappa shape index (κ1) is 20.1. The molecule has 0 spiro atoms. The lowest BCUT2D eigenvalue weighted by Crippen LogP contribution is -2.39. The lowest BCUT2D eigenvalue weighted by Gasteiger charge is -2.09. The zero-order chi connectivity index (χ0) is 19.6. The summed E-state index contributed by atoms with van der Waals surface area (Å²) in [5, 5.41) is 6.30. The SMILES string of the molecule is CC(C)CNC(=O)C(=O)N/N=C\c1ccccc1OCc1cccc(F)c1. The van der Waals surface area contributed by atoms with Crippen molar-refractivity contribution in [1.29, 1.82) is 0 Å². The van der Waals surface area contributed by atoms with Gasteiger partial charge in [-0.3, -0.25) is 9.59 Å². The topological polar surface area (TPSA) is 79.8 Å². The highest BCUT2D eigenvalue weighted by Crippen LogP contribution is 2.17. The summed E-state index contributed by atoms with van der Waals surface area (Å²) >= 11 is 0. The molecule has 0 atom stereocenters. The Morgan fingerprint density at radius 2 is 1.93 bits per heavy atom. The van der Waals surface area contributed by atoms with Crippen LogP contribution in [0.3, 0.4) is 0 Å². The first-order valence-electron chi connectivity index (χ1n) is 8.53. The summed E-state index contributed by atoms with van der Waals surface area (Å²) in [6, 6.07) is 13.2. The normalized spacial score (nSPS) is 10.8. The lowest BCUT2D eigenvalue weighted by atomic mass is 10.2. The summed E-state index contributed by atoms with van der Waals surface area (Å²) < 4.78 is 18.9. The van der Waals surface area contributed by atoms with Crippen molar-refractivity contribution in [1.82, 2.24) is 10.7 Å². The molecule has 2 aromatic rings. The van der Waals surface area contributed by atoms with Gasteiger partial charge in [-0.1, -0.05) is 38.1 Å². The number of nitrogens with zero attached hydrogens (tertiary/aromatic N) is 1. The van der Waals surface area contributed by atoms with Crippen LogP contribution in [0.4, 0.5) is 4.39 Å². The average molecular weight is 371 g/mol. The molecule has 2 rings (SSSR count). The maximum atomic E-state index is 13.2. The maximum Gasteiger partial charge on any atom is 0.329 e. The Morgan fingerprint density at radius 3 is 2.67 bits per heavy atom. The highest BCUT2D eigenvalue weighted by Gasteiger charge is 2.12. The number of amides is 2. The van der Waals surface area contributed by atoms with Crippen LogP contribution in [-0.4, -0.2) is 24.6 Å². The number of nitrogens with one attached hydrogen (secondary N) is 2. The van der Waals surface area contributed by atoms with E-state index in [2.05, 4.69) is 15.8 Å². The van der Waals surface area contributed by atoms with Gasteiger partial charge in [0.1, 0.15) is 18.2 Å². The number of ether oxygens (including phenoxy) is 1. The van der Waals surface area contributed by atoms with Gasteiger partial charge in [-0.15, -0.1) is 0 Å². The molecule has 142 valence electrons. The van der Waals surface area contributed by atoms with E-state index >= 15 is 0 Å². The Morgan fingerprint density at radius 1 is 1.15 bits per heavy atom. The molecule has 0 saturated heterocycles. The number of benzene rings is 2. The largest absolute Gasteiger partial charge is 0.488 e. The van der Waals surface area contributed by atoms with Crippen LogP contribution in [0.2, 0.25) is 0 Å². The molecule has 0 aliphatic rings. The van der Waals surface area contributed by atoms with Crippen molar-refractivity contribution in [3.8, 4) is 5.75 Å². The van der Waals surface area contributed by atoms with E-state index < -0.39 is 11.8 Å². The summed E-state index contributed by atoms with van der Waals surface area (Å²) in [4.78, 5) is 23.3. The first-order chi connectivity index (χ1) is 13.0. The van der Waals surface area contributed by atoms with Gasteiger partial charge in [-0.2, -0.15) is 5.10 Å². The second-order valence-electron chi connectivity index (χ2n) is 6.26. The Bertz CT molecular complexity index is 822. The van der Waals surface area contributed by atoms with E-state index in [4.69, 9.17) is 4.74 Å². The van der Waals surface area contributed by atoms with Crippen LogP contribution < -0.4 is 15.5 Å². The average Bonchev–Trinajstić information content (AvgIpc) is 2.65. The van der Waals surface area contributed by atoms with Crippen molar-refractivity contribution in [3.63, 3.8) is 0 Å². The molecule has 6 nitrogen and oxygen atoms in total. The maximum absolute atomic E-state index is 13.2. The van der Waals surface area contributed by atoms with Crippen LogP contribution in [0.25, 0.3) is 0 Å². The molecular formula is C20H22FN3O3. The van der Waals surface area contributed by atoms with E-state index in [1.807, 2.05) is 13.8 Å². The summed E-state index contributed by atoms with van der Waals surface area (Å²) in [7, 11) is 0. The van der Waals surface area contributed by atoms with E-state index in [-0.39, 0.29) is 18.3 Å². The van der Waals surface area contributed by atoms with Crippen molar-refractivity contribution < 1.29 is 18.7 Å². The molecule has 2 amide bonds. The van der Waals surface area contributed by atoms with Crippen molar-refractivity contribution in [2.45, 2.75) is 20.5 Å². The van der Waals surface area contributed by atoms with Crippen LogP contribution in [0.1, 0.15) is 25.0 Å². The minimum absolute atomic E-state index is 0.187. The number of hydrogen-bond acceptors (Lipinski definition) is 4. The van der Waals surface area contributed by atoms with Crippen molar-refractivity contribution in [2.75, 3.05) is 6.54 Å². The quantitative estimate of drug-likeness (QED) is 0.446. The minimum Gasteiger partial charge on any atom is -0.488 e. The van der Waals surface area contributed by atoms with E-state index in [9.17, 15) is 14.0 Å². The number of para-hydroxylation sites is 1. The molecule has 0 aliphatic carbocycles. The third-order valence-corrected chi connectivity index (χ3v) is 3.45. The fourth-order valence-electron chi connectivity index (χ4n) is 2.09. The summed E-state index contributed by atoms with van der Waals surface area (Å²) in [6.45, 7) is 4.45. The first-order valence-corrected chi connectivity index (χ1v) is 8.53. The number of hydrazone groups is 1. The summed E-state index contributed by atoms with van der Waals surface area (Å²) in [5.41, 5.74) is 3.48. The molecule has 2 N–H and O–H groups in total. The summed E-state index contributed by atoms with van der Waals surface area (Å²) in [6.07, 6.45) is 1.38. The Balaban J connectivity index is 1.93. The molecule has 0 saturated carbocycles. The molecule has 0 radical (unpaired) electrons. The Hall–Kier alpha value is -3.22. The second kappa shape index (κ2) is 10.1. The van der Waals surface area contributed by atoms with E-state index in [0.29, 0.717) is 23.4 Å². The molecule has 0 fully saturated rings. The highest BCUT2D eigenvalue weighted by molar-refractivity contribution is 6.35. The zero-order valence-electron chi connectivity index (χ0n) is 15.2. The minimum atomic E-state index is -0.843. The van der Waals surface area contributed by atoms with Crippen LogP contribution in [0.5, 0.6) is 5.75 Å². The number of halogens is 1.